The Labute approximate surface area is 321 Å². The van der Waals surface area contributed by atoms with Crippen molar-refractivity contribution >= 4 is 43.3 Å². The molecule has 2 aliphatic carbocycles. The second-order valence-corrected chi connectivity index (χ2v) is 35.0. The number of fused-ring (bicyclic) bond motifs is 2. The van der Waals surface area contributed by atoms with Crippen molar-refractivity contribution in [2.24, 2.45) is 5.92 Å². The zero-order valence-corrected chi connectivity index (χ0v) is 36.7. The molecule has 0 spiro atoms. The average Bonchev–Trinajstić information content (AvgIpc) is 3.61. The van der Waals surface area contributed by atoms with E-state index in [1.54, 1.807) is 33.4 Å². The topological polar surface area (TPSA) is 9.23 Å². The molecule has 50 heavy (non-hydrogen) atoms. The van der Waals surface area contributed by atoms with E-state index in [4.69, 9.17) is 4.74 Å². The van der Waals surface area contributed by atoms with Crippen LogP contribution in [-0.4, -0.2) is 19.1 Å². The predicted molar refractivity (Wildman–Crippen MR) is 222 cm³/mol. The van der Waals surface area contributed by atoms with Gasteiger partial charge in [0.1, 0.15) is 0 Å². The van der Waals surface area contributed by atoms with Crippen LogP contribution in [0.1, 0.15) is 103 Å². The Balaban J connectivity index is 0.00000281. The van der Waals surface area contributed by atoms with Crippen molar-refractivity contribution in [2.45, 2.75) is 91.1 Å². The molecule has 0 fully saturated rings. The van der Waals surface area contributed by atoms with E-state index in [9.17, 15) is 0 Å². The number of allylic oxidation sites excluding steroid dienone is 3. The summed E-state index contributed by atoms with van der Waals surface area (Å²) in [7, 11) is 0. The minimum atomic E-state index is -3.05. The number of rotatable bonds is 12. The number of halogens is 2. The van der Waals surface area contributed by atoms with Crippen molar-refractivity contribution in [3.8, 4) is 22.3 Å². The number of ether oxygens (including phenoxy) is 1. The minimum Gasteiger partial charge on any atom is -0.147 e. The second kappa shape index (κ2) is 17.2. The molecule has 265 valence electrons. The van der Waals surface area contributed by atoms with Gasteiger partial charge in [0, 0.05) is 0 Å². The molecule has 0 N–H and O–H groups in total. The number of hydrogen-bond donors (Lipinski definition) is 0. The van der Waals surface area contributed by atoms with Crippen LogP contribution in [0.2, 0.25) is 4.63 Å². The molecular formula is C45H57Cl2OSiZr. The van der Waals surface area contributed by atoms with Crippen LogP contribution in [0.3, 0.4) is 0 Å². The largest absolute Gasteiger partial charge is 0.147 e. The summed E-state index contributed by atoms with van der Waals surface area (Å²) in [5.41, 5.74) is 16.7. The molecule has 1 nitrogen and oxygen atoms in total. The molecule has 5 heteroatoms. The standard InChI is InChI=1S/C26H33O.C18H17.CH3.2ClH.H2Si.Zr/c1-20-19-22-15-12-17-24(21-13-8-7-9-14-21)25(22)23(20)16-10-5-6-11-18-27-26(2,3)4;1-13(2)16-11-15-9-6-10-17(18(15)12-16)14-7-4-3-5-8-14;;;;;/h7-9,12-15,17,19H,5-6,10-11,16,18H2,1-4H3;3-13H,1-2H3;1H3;2*1H;1H2;. The fourth-order valence-corrected chi connectivity index (χ4v) is 25.7. The SMILES string of the molecule is CC1=C(CCCCCCOC(C)(C)C)c2c(-c3ccccc3)cccc2[CH]1[Zr]([CH3])(=[SiH2])[CH]1C(C(C)C)=Cc2c(-c3ccccc3)cccc21.Cl.Cl. The van der Waals surface area contributed by atoms with Gasteiger partial charge >= 0.3 is 299 Å². The molecule has 0 bridgehead atoms. The summed E-state index contributed by atoms with van der Waals surface area (Å²) in [6.45, 7) is 17.2. The normalized spacial score (nSPS) is 17.8. The van der Waals surface area contributed by atoms with Crippen molar-refractivity contribution < 1.29 is 23.6 Å². The quantitative estimate of drug-likeness (QED) is 0.102. The van der Waals surface area contributed by atoms with Crippen molar-refractivity contribution in [1.29, 1.82) is 0 Å². The Morgan fingerprint density at radius 2 is 1.26 bits per heavy atom. The number of benzene rings is 4. The molecule has 0 saturated carbocycles. The summed E-state index contributed by atoms with van der Waals surface area (Å²) in [6.07, 6.45) is 8.64. The molecule has 0 radical (unpaired) electrons. The molecule has 0 amide bonds. The van der Waals surface area contributed by atoms with Crippen LogP contribution < -0.4 is 0 Å². The van der Waals surface area contributed by atoms with Gasteiger partial charge in [-0.05, 0) is 0 Å². The Hall–Kier alpha value is -2.00. The van der Waals surface area contributed by atoms with E-state index in [-0.39, 0.29) is 30.4 Å². The van der Waals surface area contributed by atoms with Crippen molar-refractivity contribution in [2.75, 3.05) is 6.61 Å². The molecule has 0 aliphatic heterocycles. The Morgan fingerprint density at radius 3 is 1.86 bits per heavy atom. The molecule has 4 aromatic rings. The van der Waals surface area contributed by atoms with Gasteiger partial charge in [-0.2, -0.15) is 0 Å². The minimum absolute atomic E-state index is 0. The van der Waals surface area contributed by atoms with Crippen LogP contribution >= 0.6 is 24.8 Å². The van der Waals surface area contributed by atoms with Crippen LogP contribution in [0.4, 0.5) is 0 Å². The van der Waals surface area contributed by atoms with Crippen LogP contribution in [0, 0.1) is 5.92 Å². The first-order valence-corrected chi connectivity index (χ1v) is 29.5. The van der Waals surface area contributed by atoms with Gasteiger partial charge in [0.15, 0.2) is 0 Å². The zero-order chi connectivity index (χ0) is 34.1. The smallest absolute Gasteiger partial charge is 0.147 e. The fourth-order valence-electron chi connectivity index (χ4n) is 8.62. The van der Waals surface area contributed by atoms with E-state index in [2.05, 4.69) is 156 Å². The van der Waals surface area contributed by atoms with Gasteiger partial charge in [0.25, 0.3) is 0 Å². The van der Waals surface area contributed by atoms with Crippen molar-refractivity contribution in [3.05, 3.63) is 130 Å². The zero-order valence-electron chi connectivity index (χ0n) is 31.2. The van der Waals surface area contributed by atoms with Gasteiger partial charge in [-0.1, -0.05) is 0 Å². The summed E-state index contributed by atoms with van der Waals surface area (Å²) >= 11 is -3.05. The molecule has 0 saturated heterocycles. The summed E-state index contributed by atoms with van der Waals surface area (Å²) in [5.74, 6) is 0.523. The van der Waals surface area contributed by atoms with Crippen LogP contribution in [0.5, 0.6) is 0 Å². The van der Waals surface area contributed by atoms with Crippen LogP contribution in [-0.2, 0) is 23.6 Å². The first kappa shape index (κ1) is 40.8. The monoisotopic (exact) mass is 801 g/mol. The summed E-state index contributed by atoms with van der Waals surface area (Å²) in [5, 5.41) is 0. The van der Waals surface area contributed by atoms with Gasteiger partial charge in [0.2, 0.25) is 0 Å². The maximum absolute atomic E-state index is 6.01. The van der Waals surface area contributed by atoms with Gasteiger partial charge in [-0.15, -0.1) is 24.8 Å². The van der Waals surface area contributed by atoms with E-state index in [0.29, 0.717) is 13.2 Å². The van der Waals surface area contributed by atoms with Crippen LogP contribution in [0.25, 0.3) is 33.9 Å². The Bertz CT molecular complexity index is 1870. The summed E-state index contributed by atoms with van der Waals surface area (Å²) in [4.78, 5) is 0. The second-order valence-electron chi connectivity index (χ2n) is 15.8. The number of unbranched alkanes of at least 4 members (excludes halogenated alkanes) is 3. The third kappa shape index (κ3) is 8.45. The average molecular weight is 804 g/mol. The van der Waals surface area contributed by atoms with E-state index in [1.165, 1.54) is 47.1 Å². The maximum Gasteiger partial charge on any atom is -0.147 e. The molecule has 2 aliphatic rings. The van der Waals surface area contributed by atoms with Crippen molar-refractivity contribution in [3.63, 3.8) is 0 Å². The third-order valence-electron chi connectivity index (χ3n) is 10.7. The van der Waals surface area contributed by atoms with E-state index in [0.717, 1.165) is 19.4 Å². The maximum atomic E-state index is 6.01. The van der Waals surface area contributed by atoms with E-state index in [1.807, 2.05) is 0 Å². The molecule has 3 unspecified atom stereocenters. The fraction of sp³-hybridized carbons (Fsp3) is 0.378. The Morgan fingerprint density at radius 1 is 0.700 bits per heavy atom. The molecule has 6 rings (SSSR count). The summed E-state index contributed by atoms with van der Waals surface area (Å²) < 4.78 is 9.92. The van der Waals surface area contributed by atoms with Gasteiger partial charge in [-0.25, -0.2) is 0 Å². The van der Waals surface area contributed by atoms with Gasteiger partial charge in [0.05, 0.1) is 0 Å². The predicted octanol–water partition coefficient (Wildman–Crippen LogP) is 13.0. The van der Waals surface area contributed by atoms with E-state index < -0.39 is 18.9 Å². The molecule has 4 aromatic carbocycles. The molecular weight excluding hydrogens is 747 g/mol. The first-order chi connectivity index (χ1) is 23.0. The van der Waals surface area contributed by atoms with Gasteiger partial charge < -0.3 is 0 Å². The molecule has 0 heterocycles. The summed E-state index contributed by atoms with van der Waals surface area (Å²) in [6, 6.07) is 36.5. The molecule has 0 aromatic heterocycles. The third-order valence-corrected chi connectivity index (χ3v) is 25.5. The molecule has 3 atom stereocenters. The first-order valence-electron chi connectivity index (χ1n) is 18.3. The Kier molecular flexibility index (Phi) is 14.0. The number of hydrogen-bond acceptors (Lipinski definition) is 1. The van der Waals surface area contributed by atoms with Gasteiger partial charge in [-0.3, -0.25) is 0 Å². The van der Waals surface area contributed by atoms with Crippen molar-refractivity contribution in [1.82, 2.24) is 0 Å². The van der Waals surface area contributed by atoms with Crippen LogP contribution in [0.15, 0.2) is 108 Å². The van der Waals surface area contributed by atoms with E-state index >= 15 is 0 Å².